The number of halogens is 1. The number of nitrogens with one attached hydrogen (secondary N) is 2. The van der Waals surface area contributed by atoms with Gasteiger partial charge in [0.1, 0.15) is 0 Å². The molecule has 1 aromatic heterocycles. The number of hydrogen-bond donors (Lipinski definition) is 2. The van der Waals surface area contributed by atoms with Gasteiger partial charge >= 0.3 is 0 Å². The quantitative estimate of drug-likeness (QED) is 0.735. The Hall–Kier alpha value is -2.14. The van der Waals surface area contributed by atoms with Gasteiger partial charge < -0.3 is 5.32 Å². The highest BCUT2D eigenvalue weighted by Gasteiger charge is 2.22. The molecule has 22 heavy (non-hydrogen) atoms. The smallest absolute Gasteiger partial charge is 0.260 e. The van der Waals surface area contributed by atoms with E-state index in [4.69, 9.17) is 0 Å². The molecule has 0 saturated heterocycles. The molecule has 110 valence electrons. The van der Waals surface area contributed by atoms with Crippen LogP contribution in [0.4, 0.5) is 5.95 Å². The van der Waals surface area contributed by atoms with E-state index in [0.29, 0.717) is 16.9 Å². The Labute approximate surface area is 135 Å². The second-order valence-corrected chi connectivity index (χ2v) is 6.43. The molecule has 0 aliphatic heterocycles. The van der Waals surface area contributed by atoms with E-state index in [1.54, 1.807) is 6.07 Å². The van der Waals surface area contributed by atoms with Crippen LogP contribution in [0.15, 0.2) is 51.7 Å². The molecule has 1 aliphatic rings. The fourth-order valence-corrected chi connectivity index (χ4v) is 3.41. The molecule has 0 bridgehead atoms. The average Bonchev–Trinajstić information content (AvgIpc) is 2.92. The lowest BCUT2D eigenvalue weighted by Crippen LogP contribution is -2.16. The number of benzene rings is 2. The maximum absolute atomic E-state index is 12.2. The highest BCUT2D eigenvalue weighted by molar-refractivity contribution is 9.10. The van der Waals surface area contributed by atoms with Gasteiger partial charge in [-0.05, 0) is 42.2 Å². The number of H-pyrrole nitrogens is 1. The van der Waals surface area contributed by atoms with Crippen molar-refractivity contribution in [3.8, 4) is 0 Å². The molecule has 0 amide bonds. The van der Waals surface area contributed by atoms with Gasteiger partial charge in [0.15, 0.2) is 0 Å². The Kier molecular flexibility index (Phi) is 3.22. The summed E-state index contributed by atoms with van der Waals surface area (Å²) in [5, 5.41) is 3.96. The molecular weight excluding hydrogens is 342 g/mol. The summed E-state index contributed by atoms with van der Waals surface area (Å²) in [6.07, 6.45) is 2.07. The van der Waals surface area contributed by atoms with Crippen LogP contribution in [-0.4, -0.2) is 9.97 Å². The van der Waals surface area contributed by atoms with E-state index in [1.165, 1.54) is 11.1 Å². The van der Waals surface area contributed by atoms with Crippen molar-refractivity contribution in [2.75, 3.05) is 5.32 Å². The predicted octanol–water partition coefficient (Wildman–Crippen LogP) is 3.79. The van der Waals surface area contributed by atoms with Crippen molar-refractivity contribution in [1.29, 1.82) is 0 Å². The van der Waals surface area contributed by atoms with Crippen molar-refractivity contribution in [3.05, 3.63) is 68.4 Å². The Morgan fingerprint density at radius 1 is 1.23 bits per heavy atom. The number of hydrogen-bond acceptors (Lipinski definition) is 3. The molecule has 2 N–H and O–H groups in total. The minimum atomic E-state index is -0.125. The van der Waals surface area contributed by atoms with Crippen LogP contribution in [0.5, 0.6) is 0 Å². The van der Waals surface area contributed by atoms with Crippen LogP contribution in [0.3, 0.4) is 0 Å². The summed E-state index contributed by atoms with van der Waals surface area (Å²) in [4.78, 5) is 19.6. The van der Waals surface area contributed by atoms with Crippen LogP contribution in [0.2, 0.25) is 0 Å². The summed E-state index contributed by atoms with van der Waals surface area (Å²) in [6, 6.07) is 14.1. The normalized spacial score (nSPS) is 16.7. The lowest BCUT2D eigenvalue weighted by Gasteiger charge is -2.14. The zero-order chi connectivity index (χ0) is 15.1. The average molecular weight is 356 g/mol. The standard InChI is InChI=1S/C17H14BrN3O/c18-11-6-8-15-13(9-11)16(22)21-17(20-15)19-14-7-5-10-3-1-2-4-12(10)14/h1-4,6,8-9,14H,5,7H2,(H2,19,20,21,22)/t14-/m0/s1. The van der Waals surface area contributed by atoms with E-state index < -0.39 is 0 Å². The number of aryl methyl sites for hydroxylation is 1. The fourth-order valence-electron chi connectivity index (χ4n) is 3.05. The lowest BCUT2D eigenvalue weighted by molar-refractivity contribution is 0.751. The Morgan fingerprint density at radius 3 is 3.00 bits per heavy atom. The molecule has 0 unspecified atom stereocenters. The van der Waals surface area contributed by atoms with E-state index in [9.17, 15) is 4.79 Å². The topological polar surface area (TPSA) is 57.8 Å². The minimum Gasteiger partial charge on any atom is -0.349 e. The maximum Gasteiger partial charge on any atom is 0.260 e. The third kappa shape index (κ3) is 2.31. The molecule has 0 spiro atoms. The van der Waals surface area contributed by atoms with Crippen LogP contribution in [-0.2, 0) is 6.42 Å². The van der Waals surface area contributed by atoms with Gasteiger partial charge in [-0.3, -0.25) is 9.78 Å². The molecule has 5 heteroatoms. The van der Waals surface area contributed by atoms with E-state index in [2.05, 4.69) is 49.4 Å². The lowest BCUT2D eigenvalue weighted by atomic mass is 10.1. The second kappa shape index (κ2) is 5.25. The first kappa shape index (κ1) is 13.5. The number of nitrogens with zero attached hydrogens (tertiary/aromatic N) is 1. The van der Waals surface area contributed by atoms with Crippen molar-refractivity contribution in [2.24, 2.45) is 0 Å². The number of aromatic nitrogens is 2. The molecule has 1 atom stereocenters. The highest BCUT2D eigenvalue weighted by Crippen LogP contribution is 2.32. The summed E-state index contributed by atoms with van der Waals surface area (Å²) in [6.45, 7) is 0. The number of anilines is 1. The van der Waals surface area contributed by atoms with Crippen molar-refractivity contribution in [1.82, 2.24) is 9.97 Å². The largest absolute Gasteiger partial charge is 0.349 e. The van der Waals surface area contributed by atoms with E-state index in [1.807, 2.05) is 18.2 Å². The van der Waals surface area contributed by atoms with Crippen LogP contribution in [0.1, 0.15) is 23.6 Å². The highest BCUT2D eigenvalue weighted by atomic mass is 79.9. The third-order valence-corrected chi connectivity index (χ3v) is 4.60. The summed E-state index contributed by atoms with van der Waals surface area (Å²) < 4.78 is 0.873. The summed E-state index contributed by atoms with van der Waals surface area (Å²) >= 11 is 3.38. The van der Waals surface area contributed by atoms with Gasteiger partial charge in [-0.25, -0.2) is 4.98 Å². The number of rotatable bonds is 2. The zero-order valence-electron chi connectivity index (χ0n) is 11.8. The predicted molar refractivity (Wildman–Crippen MR) is 91.2 cm³/mol. The molecule has 0 radical (unpaired) electrons. The van der Waals surface area contributed by atoms with Gasteiger partial charge in [-0.1, -0.05) is 40.2 Å². The van der Waals surface area contributed by atoms with E-state index in [0.717, 1.165) is 17.3 Å². The summed E-state index contributed by atoms with van der Waals surface area (Å²) in [7, 11) is 0. The van der Waals surface area contributed by atoms with Crippen molar-refractivity contribution in [3.63, 3.8) is 0 Å². The van der Waals surface area contributed by atoms with Gasteiger partial charge in [0, 0.05) is 4.47 Å². The molecular formula is C17H14BrN3O. The summed E-state index contributed by atoms with van der Waals surface area (Å²) in [5.41, 5.74) is 3.23. The number of aromatic amines is 1. The van der Waals surface area contributed by atoms with E-state index >= 15 is 0 Å². The van der Waals surface area contributed by atoms with Gasteiger partial charge in [-0.15, -0.1) is 0 Å². The van der Waals surface area contributed by atoms with Gasteiger partial charge in [0.2, 0.25) is 5.95 Å². The first-order chi connectivity index (χ1) is 10.7. The molecule has 4 nitrogen and oxygen atoms in total. The Balaban J connectivity index is 1.71. The molecule has 2 aromatic carbocycles. The molecule has 0 fully saturated rings. The molecule has 0 saturated carbocycles. The SMILES string of the molecule is O=c1[nH]c(N[C@H]2CCc3ccccc32)nc2ccc(Br)cc12. The van der Waals surface area contributed by atoms with Crippen molar-refractivity contribution >= 4 is 32.8 Å². The molecule has 3 aromatic rings. The Bertz CT molecular complexity index is 919. The molecule has 1 heterocycles. The van der Waals surface area contributed by atoms with Crippen LogP contribution in [0, 0.1) is 0 Å². The third-order valence-electron chi connectivity index (χ3n) is 4.11. The first-order valence-electron chi connectivity index (χ1n) is 7.24. The second-order valence-electron chi connectivity index (χ2n) is 5.51. The van der Waals surface area contributed by atoms with Gasteiger partial charge in [-0.2, -0.15) is 0 Å². The minimum absolute atomic E-state index is 0.125. The van der Waals surface area contributed by atoms with Crippen LogP contribution < -0.4 is 10.9 Å². The van der Waals surface area contributed by atoms with Crippen molar-refractivity contribution in [2.45, 2.75) is 18.9 Å². The first-order valence-corrected chi connectivity index (χ1v) is 8.04. The Morgan fingerprint density at radius 2 is 2.09 bits per heavy atom. The van der Waals surface area contributed by atoms with Gasteiger partial charge in [0.25, 0.3) is 5.56 Å². The van der Waals surface area contributed by atoms with Crippen LogP contribution in [0.25, 0.3) is 10.9 Å². The van der Waals surface area contributed by atoms with Crippen LogP contribution >= 0.6 is 15.9 Å². The molecule has 1 aliphatic carbocycles. The van der Waals surface area contributed by atoms with E-state index in [-0.39, 0.29) is 11.6 Å². The monoisotopic (exact) mass is 355 g/mol. The fraction of sp³-hybridized carbons (Fsp3) is 0.176. The number of fused-ring (bicyclic) bond motifs is 2. The summed E-state index contributed by atoms with van der Waals surface area (Å²) in [5.74, 6) is 0.529. The maximum atomic E-state index is 12.2. The molecule has 4 rings (SSSR count). The van der Waals surface area contributed by atoms with Gasteiger partial charge in [0.05, 0.1) is 16.9 Å². The zero-order valence-corrected chi connectivity index (χ0v) is 13.4. The van der Waals surface area contributed by atoms with Crippen molar-refractivity contribution < 1.29 is 0 Å².